The summed E-state index contributed by atoms with van der Waals surface area (Å²) in [6, 6.07) is 5.73. The zero-order valence-corrected chi connectivity index (χ0v) is 12.7. The Kier molecular flexibility index (Phi) is 5.97. The van der Waals surface area contributed by atoms with Crippen LogP contribution in [0.3, 0.4) is 0 Å². The first-order valence-electron chi connectivity index (χ1n) is 6.65. The molecule has 0 aromatic heterocycles. The van der Waals surface area contributed by atoms with Gasteiger partial charge in [0.15, 0.2) is 0 Å². The first-order valence-corrected chi connectivity index (χ1v) is 7.03. The second kappa shape index (κ2) is 7.01. The van der Waals surface area contributed by atoms with Crippen molar-refractivity contribution >= 4 is 17.3 Å². The van der Waals surface area contributed by atoms with Crippen molar-refractivity contribution < 1.29 is 0 Å². The maximum Gasteiger partial charge on any atom is 0.0471 e. The van der Waals surface area contributed by atoms with Crippen LogP contribution in [0.5, 0.6) is 0 Å². The molecule has 102 valence electrons. The van der Waals surface area contributed by atoms with Crippen LogP contribution in [-0.4, -0.2) is 18.0 Å². The van der Waals surface area contributed by atoms with Gasteiger partial charge in [-0.25, -0.2) is 0 Å². The summed E-state index contributed by atoms with van der Waals surface area (Å²) >= 11 is 6.24. The number of benzene rings is 1. The third-order valence-electron chi connectivity index (χ3n) is 2.78. The molecule has 2 nitrogen and oxygen atoms in total. The monoisotopic (exact) mass is 268 g/mol. The van der Waals surface area contributed by atoms with E-state index in [0.717, 1.165) is 35.9 Å². The van der Waals surface area contributed by atoms with Crippen LogP contribution in [0.2, 0.25) is 5.02 Å². The summed E-state index contributed by atoms with van der Waals surface area (Å²) in [6.45, 7) is 11.9. The Morgan fingerprint density at radius 1 is 1.11 bits per heavy atom. The molecule has 0 radical (unpaired) electrons. The van der Waals surface area contributed by atoms with E-state index >= 15 is 0 Å². The highest BCUT2D eigenvalue weighted by Gasteiger charge is 2.13. The highest BCUT2D eigenvalue weighted by molar-refractivity contribution is 6.31. The maximum absolute atomic E-state index is 6.24. The molecule has 0 aliphatic carbocycles. The van der Waals surface area contributed by atoms with E-state index in [1.165, 1.54) is 0 Å². The molecule has 0 amide bonds. The Hall–Kier alpha value is -0.730. The number of nitrogen functional groups attached to an aromatic ring is 1. The van der Waals surface area contributed by atoms with Gasteiger partial charge < -0.3 is 5.73 Å². The molecule has 1 aromatic carbocycles. The Labute approximate surface area is 116 Å². The molecule has 0 saturated carbocycles. The number of nitrogens with two attached hydrogens (primary N) is 1. The molecule has 18 heavy (non-hydrogen) atoms. The van der Waals surface area contributed by atoms with Gasteiger partial charge in [-0.1, -0.05) is 45.4 Å². The SMILES string of the molecule is CC(C)CN(Cc1c(N)cccc1Cl)CC(C)C. The van der Waals surface area contributed by atoms with E-state index in [2.05, 4.69) is 32.6 Å². The fourth-order valence-corrected chi connectivity index (χ4v) is 2.44. The molecule has 0 heterocycles. The van der Waals surface area contributed by atoms with E-state index in [4.69, 9.17) is 17.3 Å². The van der Waals surface area contributed by atoms with Crippen molar-refractivity contribution in [3.05, 3.63) is 28.8 Å². The molecule has 0 atom stereocenters. The predicted molar refractivity (Wildman–Crippen MR) is 80.8 cm³/mol. The number of hydrogen-bond donors (Lipinski definition) is 1. The van der Waals surface area contributed by atoms with Gasteiger partial charge in [0, 0.05) is 35.9 Å². The minimum absolute atomic E-state index is 0.646. The summed E-state index contributed by atoms with van der Waals surface area (Å²) < 4.78 is 0. The van der Waals surface area contributed by atoms with E-state index in [9.17, 15) is 0 Å². The molecular formula is C15H25ClN2. The van der Waals surface area contributed by atoms with E-state index in [-0.39, 0.29) is 0 Å². The smallest absolute Gasteiger partial charge is 0.0471 e. The molecule has 0 saturated heterocycles. The van der Waals surface area contributed by atoms with E-state index in [1.807, 2.05) is 18.2 Å². The average molecular weight is 269 g/mol. The van der Waals surface area contributed by atoms with Crippen LogP contribution >= 0.6 is 11.6 Å². The van der Waals surface area contributed by atoms with Crippen molar-refractivity contribution in [2.75, 3.05) is 18.8 Å². The van der Waals surface area contributed by atoms with Crippen LogP contribution < -0.4 is 5.73 Å². The molecule has 3 heteroatoms. The van der Waals surface area contributed by atoms with Gasteiger partial charge in [-0.05, 0) is 24.0 Å². The first-order chi connectivity index (χ1) is 8.40. The lowest BCUT2D eigenvalue weighted by Crippen LogP contribution is -2.31. The van der Waals surface area contributed by atoms with Crippen LogP contribution in [0.1, 0.15) is 33.3 Å². The zero-order valence-electron chi connectivity index (χ0n) is 11.9. The largest absolute Gasteiger partial charge is 0.398 e. The number of halogens is 1. The van der Waals surface area contributed by atoms with Crippen LogP contribution in [0.4, 0.5) is 5.69 Å². The molecule has 0 aliphatic heterocycles. The third kappa shape index (κ3) is 4.87. The van der Waals surface area contributed by atoms with Gasteiger partial charge in [0.2, 0.25) is 0 Å². The van der Waals surface area contributed by atoms with E-state index in [1.54, 1.807) is 0 Å². The van der Waals surface area contributed by atoms with Crippen molar-refractivity contribution in [2.45, 2.75) is 34.2 Å². The lowest BCUT2D eigenvalue weighted by molar-refractivity contribution is 0.212. The topological polar surface area (TPSA) is 29.3 Å². The molecule has 0 spiro atoms. The fourth-order valence-electron chi connectivity index (χ4n) is 2.20. The van der Waals surface area contributed by atoms with Gasteiger partial charge in [0.05, 0.1) is 0 Å². The van der Waals surface area contributed by atoms with Gasteiger partial charge in [0.25, 0.3) is 0 Å². The standard InChI is InChI=1S/C15H25ClN2/c1-11(2)8-18(9-12(3)4)10-13-14(16)6-5-7-15(13)17/h5-7,11-12H,8-10,17H2,1-4H3. The van der Waals surface area contributed by atoms with E-state index < -0.39 is 0 Å². The second-order valence-electron chi connectivity index (χ2n) is 5.79. The lowest BCUT2D eigenvalue weighted by Gasteiger charge is -2.27. The Morgan fingerprint density at radius 3 is 2.11 bits per heavy atom. The molecule has 0 bridgehead atoms. The second-order valence-corrected chi connectivity index (χ2v) is 6.20. The number of rotatable bonds is 6. The summed E-state index contributed by atoms with van der Waals surface area (Å²) in [5, 5.41) is 0.771. The Bertz CT molecular complexity index is 345. The Morgan fingerprint density at radius 2 is 1.67 bits per heavy atom. The van der Waals surface area contributed by atoms with Gasteiger partial charge in [0.1, 0.15) is 0 Å². The summed E-state index contributed by atoms with van der Waals surface area (Å²) in [7, 11) is 0. The van der Waals surface area contributed by atoms with Crippen LogP contribution in [0.25, 0.3) is 0 Å². The molecule has 0 aliphatic rings. The fraction of sp³-hybridized carbons (Fsp3) is 0.600. The van der Waals surface area contributed by atoms with Gasteiger partial charge in [-0.2, -0.15) is 0 Å². The molecule has 0 unspecified atom stereocenters. The van der Waals surface area contributed by atoms with Crippen LogP contribution in [0.15, 0.2) is 18.2 Å². The highest BCUT2D eigenvalue weighted by Crippen LogP contribution is 2.24. The molecule has 0 fully saturated rings. The van der Waals surface area contributed by atoms with Crippen molar-refractivity contribution in [3.8, 4) is 0 Å². The van der Waals surface area contributed by atoms with Crippen LogP contribution in [0, 0.1) is 11.8 Å². The zero-order chi connectivity index (χ0) is 13.7. The van der Waals surface area contributed by atoms with Gasteiger partial charge >= 0.3 is 0 Å². The normalized spacial score (nSPS) is 11.8. The minimum atomic E-state index is 0.646. The summed E-state index contributed by atoms with van der Waals surface area (Å²) in [5.74, 6) is 1.29. The quantitative estimate of drug-likeness (QED) is 0.789. The molecule has 1 aromatic rings. The molecule has 1 rings (SSSR count). The summed E-state index contributed by atoms with van der Waals surface area (Å²) in [5.41, 5.74) is 7.87. The Balaban J connectivity index is 2.81. The molecular weight excluding hydrogens is 244 g/mol. The summed E-state index contributed by atoms with van der Waals surface area (Å²) in [6.07, 6.45) is 0. The highest BCUT2D eigenvalue weighted by atomic mass is 35.5. The maximum atomic E-state index is 6.24. The van der Waals surface area contributed by atoms with Crippen molar-refractivity contribution in [1.82, 2.24) is 4.90 Å². The predicted octanol–water partition coefficient (Wildman–Crippen LogP) is 4.04. The van der Waals surface area contributed by atoms with Crippen LogP contribution in [-0.2, 0) is 6.54 Å². The van der Waals surface area contributed by atoms with Gasteiger partial charge in [-0.15, -0.1) is 0 Å². The van der Waals surface area contributed by atoms with E-state index in [0.29, 0.717) is 11.8 Å². The van der Waals surface area contributed by atoms with Crippen molar-refractivity contribution in [2.24, 2.45) is 11.8 Å². The summed E-state index contributed by atoms with van der Waals surface area (Å²) in [4.78, 5) is 2.44. The minimum Gasteiger partial charge on any atom is -0.398 e. The number of anilines is 1. The molecule has 2 N–H and O–H groups in total. The first kappa shape index (κ1) is 15.3. The van der Waals surface area contributed by atoms with Crippen molar-refractivity contribution in [3.63, 3.8) is 0 Å². The number of hydrogen-bond acceptors (Lipinski definition) is 2. The lowest BCUT2D eigenvalue weighted by atomic mass is 10.1. The number of nitrogens with zero attached hydrogens (tertiary/aromatic N) is 1. The third-order valence-corrected chi connectivity index (χ3v) is 3.14. The van der Waals surface area contributed by atoms with Gasteiger partial charge in [-0.3, -0.25) is 4.90 Å². The van der Waals surface area contributed by atoms with Crippen molar-refractivity contribution in [1.29, 1.82) is 0 Å². The average Bonchev–Trinajstić information content (AvgIpc) is 2.21.